The molecule has 1 aromatic carbocycles. The van der Waals surface area contributed by atoms with Crippen LogP contribution < -0.4 is 20.0 Å². The maximum absolute atomic E-state index is 11.1. The van der Waals surface area contributed by atoms with Crippen molar-refractivity contribution >= 4 is 28.7 Å². The molecule has 3 atom stereocenters. The van der Waals surface area contributed by atoms with Crippen molar-refractivity contribution < 1.29 is 28.9 Å². The van der Waals surface area contributed by atoms with Crippen LogP contribution >= 0.6 is 0 Å². The van der Waals surface area contributed by atoms with Crippen LogP contribution in [0.25, 0.3) is 22.3 Å². The zero-order chi connectivity index (χ0) is 31.2. The molecule has 2 aromatic heterocycles. The van der Waals surface area contributed by atoms with Crippen LogP contribution in [0.2, 0.25) is 0 Å². The first-order chi connectivity index (χ1) is 22.1. The molecule has 5 heterocycles. The molecule has 2 N–H and O–H groups in total. The minimum absolute atomic E-state index is 0.172. The van der Waals surface area contributed by atoms with Gasteiger partial charge in [0.1, 0.15) is 11.6 Å². The predicted molar refractivity (Wildman–Crippen MR) is 170 cm³/mol. The molecule has 1 amide bonds. The van der Waals surface area contributed by atoms with Crippen molar-refractivity contribution in [1.29, 1.82) is 0 Å². The summed E-state index contributed by atoms with van der Waals surface area (Å²) in [4.78, 5) is 31.2. The number of rotatable bonds is 13. The zero-order valence-corrected chi connectivity index (χ0v) is 26.2. The monoisotopic (exact) mass is 620 g/mol. The summed E-state index contributed by atoms with van der Waals surface area (Å²) >= 11 is 0. The third-order valence-corrected chi connectivity index (χ3v) is 9.04. The average Bonchev–Trinajstić information content (AvgIpc) is 3.31. The van der Waals surface area contributed by atoms with Crippen LogP contribution in [-0.4, -0.2) is 90.9 Å². The number of fused-ring (bicyclic) bond motifs is 3. The highest BCUT2D eigenvalue weighted by Crippen LogP contribution is 2.38. The van der Waals surface area contributed by atoms with Crippen molar-refractivity contribution in [3.8, 4) is 17.0 Å². The van der Waals surface area contributed by atoms with Gasteiger partial charge in [-0.05, 0) is 62.9 Å². The Hall–Kier alpha value is -3.58. The van der Waals surface area contributed by atoms with Crippen LogP contribution in [-0.2, 0) is 25.6 Å². The molecule has 2 bridgehead atoms. The molecule has 0 radical (unpaired) electrons. The number of nitrogens with one attached hydrogen (secondary N) is 1. The van der Waals surface area contributed by atoms with Gasteiger partial charge in [-0.15, -0.1) is 0 Å². The first-order valence-corrected chi connectivity index (χ1v) is 16.1. The third kappa shape index (κ3) is 7.14. The largest absolute Gasteiger partial charge is 0.496 e. The lowest BCUT2D eigenvalue weighted by Gasteiger charge is -2.38. The molecule has 45 heavy (non-hydrogen) atoms. The Labute approximate surface area is 264 Å². The van der Waals surface area contributed by atoms with Gasteiger partial charge in [-0.1, -0.05) is 12.8 Å². The maximum atomic E-state index is 11.1. The molecule has 3 aliphatic rings. The van der Waals surface area contributed by atoms with E-state index < -0.39 is 0 Å². The van der Waals surface area contributed by atoms with Gasteiger partial charge in [0.15, 0.2) is 5.65 Å². The normalized spacial score (nSPS) is 21.4. The number of methoxy groups -OCH3 is 1. The van der Waals surface area contributed by atoms with E-state index in [9.17, 15) is 4.79 Å². The molecule has 2 unspecified atom stereocenters. The average molecular weight is 621 g/mol. The lowest BCUT2D eigenvalue weighted by atomic mass is 10.1. The second-order valence-electron chi connectivity index (χ2n) is 12.1. The molecular weight excluding hydrogens is 576 g/mol. The number of hydrogen-bond acceptors (Lipinski definition) is 11. The predicted octanol–water partition coefficient (Wildman–Crippen LogP) is 4.27. The number of morpholine rings is 2. The number of benzene rings is 1. The molecule has 12 heteroatoms. The SMILES string of the molecule is COc1ccc(-c2ccc3c(N4C5CCC4COC5)nc(N4CCOC[C@@H]4C)nc3n2)cc1COCCCCCCC(=O)NO. The highest BCUT2D eigenvalue weighted by Gasteiger charge is 2.39. The number of pyridine rings is 1. The maximum Gasteiger partial charge on any atom is 0.243 e. The van der Waals surface area contributed by atoms with E-state index >= 15 is 0 Å². The van der Waals surface area contributed by atoms with Crippen LogP contribution in [0, 0.1) is 0 Å². The Morgan fingerprint density at radius 2 is 1.84 bits per heavy atom. The molecule has 3 aliphatic heterocycles. The van der Waals surface area contributed by atoms with Crippen molar-refractivity contribution in [2.45, 2.75) is 76.6 Å². The van der Waals surface area contributed by atoms with Crippen LogP contribution in [0.1, 0.15) is 57.4 Å². The van der Waals surface area contributed by atoms with E-state index in [0.29, 0.717) is 56.5 Å². The molecule has 0 saturated carbocycles. The summed E-state index contributed by atoms with van der Waals surface area (Å²) in [5.41, 5.74) is 5.10. The number of amides is 1. The van der Waals surface area contributed by atoms with Crippen molar-refractivity contribution in [2.24, 2.45) is 0 Å². The van der Waals surface area contributed by atoms with Gasteiger partial charge in [-0.25, -0.2) is 10.5 Å². The number of hydroxylamine groups is 1. The second kappa shape index (κ2) is 14.7. The van der Waals surface area contributed by atoms with Crippen LogP contribution in [0.3, 0.4) is 0 Å². The molecule has 242 valence electrons. The van der Waals surface area contributed by atoms with Gasteiger partial charge in [0.25, 0.3) is 0 Å². The van der Waals surface area contributed by atoms with E-state index in [0.717, 1.165) is 92.1 Å². The highest BCUT2D eigenvalue weighted by molar-refractivity contribution is 5.90. The number of ether oxygens (including phenoxy) is 4. The molecule has 0 aliphatic carbocycles. The molecule has 12 nitrogen and oxygen atoms in total. The van der Waals surface area contributed by atoms with E-state index in [4.69, 9.17) is 39.1 Å². The van der Waals surface area contributed by atoms with Crippen molar-refractivity contribution in [3.63, 3.8) is 0 Å². The highest BCUT2D eigenvalue weighted by atomic mass is 16.5. The van der Waals surface area contributed by atoms with Gasteiger partial charge in [0.05, 0.1) is 69.3 Å². The van der Waals surface area contributed by atoms with Crippen LogP contribution in [0.15, 0.2) is 30.3 Å². The molecule has 0 spiro atoms. The summed E-state index contributed by atoms with van der Waals surface area (Å²) in [6, 6.07) is 11.0. The van der Waals surface area contributed by atoms with Gasteiger partial charge in [-0.2, -0.15) is 9.97 Å². The Balaban J connectivity index is 1.23. The van der Waals surface area contributed by atoms with Crippen LogP contribution in [0.4, 0.5) is 11.8 Å². The second-order valence-corrected chi connectivity index (χ2v) is 12.1. The minimum atomic E-state index is -0.344. The van der Waals surface area contributed by atoms with Crippen LogP contribution in [0.5, 0.6) is 5.75 Å². The minimum Gasteiger partial charge on any atom is -0.496 e. The topological polar surface area (TPSA) is 131 Å². The van der Waals surface area contributed by atoms with E-state index in [1.165, 1.54) is 0 Å². The van der Waals surface area contributed by atoms with E-state index in [1.807, 2.05) is 12.1 Å². The van der Waals surface area contributed by atoms with Gasteiger partial charge in [0, 0.05) is 30.7 Å². The first-order valence-electron chi connectivity index (χ1n) is 16.1. The van der Waals surface area contributed by atoms with E-state index in [2.05, 4.69) is 34.9 Å². The summed E-state index contributed by atoms with van der Waals surface area (Å²) in [7, 11) is 1.67. The summed E-state index contributed by atoms with van der Waals surface area (Å²) < 4.78 is 23.2. The fraction of sp³-hybridized carbons (Fsp3) is 0.576. The van der Waals surface area contributed by atoms with E-state index in [1.54, 1.807) is 12.6 Å². The Kier molecular flexibility index (Phi) is 10.2. The standard InChI is InChI=1S/C33H44N6O6/c1-22-18-44-16-14-38(22)33-35-31-27(32(36-33)39-25-9-10-26(39)21-45-20-25)11-12-28(34-31)23-8-13-29(42-2)24(17-23)19-43-15-6-4-3-5-7-30(40)37-41/h8,11-13,17,22,25-26,41H,3-7,9-10,14-16,18-21H2,1-2H3,(H,37,40)/t22-,25?,26?/m0/s1. The lowest BCUT2D eigenvalue weighted by Crippen LogP contribution is -2.47. The number of carbonyl (C=O) groups excluding carboxylic acids is 1. The van der Waals surface area contributed by atoms with E-state index in [-0.39, 0.29) is 11.9 Å². The van der Waals surface area contributed by atoms with Gasteiger partial charge < -0.3 is 28.7 Å². The molecular formula is C33H44N6O6. The van der Waals surface area contributed by atoms with Crippen molar-refractivity contribution in [1.82, 2.24) is 20.4 Å². The number of aromatic nitrogens is 3. The summed E-state index contributed by atoms with van der Waals surface area (Å²) in [5.74, 6) is 2.07. The fourth-order valence-corrected chi connectivity index (χ4v) is 6.60. The van der Waals surface area contributed by atoms with Gasteiger partial charge in [-0.3, -0.25) is 10.0 Å². The smallest absolute Gasteiger partial charge is 0.243 e. The lowest BCUT2D eigenvalue weighted by molar-refractivity contribution is -0.129. The number of unbranched alkanes of at least 4 members (excludes halogenated alkanes) is 3. The number of nitrogens with zero attached hydrogens (tertiary/aromatic N) is 5. The Bertz CT molecular complexity index is 1460. The summed E-state index contributed by atoms with van der Waals surface area (Å²) in [6.45, 7) is 6.65. The molecule has 6 rings (SSSR count). The Morgan fingerprint density at radius 3 is 2.62 bits per heavy atom. The van der Waals surface area contributed by atoms with Crippen molar-refractivity contribution in [3.05, 3.63) is 35.9 Å². The fourth-order valence-electron chi connectivity index (χ4n) is 6.60. The zero-order valence-electron chi connectivity index (χ0n) is 26.2. The molecule has 3 aromatic rings. The molecule has 3 saturated heterocycles. The van der Waals surface area contributed by atoms with Gasteiger partial charge >= 0.3 is 0 Å². The summed E-state index contributed by atoms with van der Waals surface area (Å²) in [5, 5.41) is 9.55. The quantitative estimate of drug-likeness (QED) is 0.161. The first kappa shape index (κ1) is 31.4. The van der Waals surface area contributed by atoms with Gasteiger partial charge in [0.2, 0.25) is 11.9 Å². The number of carbonyl (C=O) groups is 1. The number of hydrogen-bond donors (Lipinski definition) is 2. The molecule has 3 fully saturated rings. The summed E-state index contributed by atoms with van der Waals surface area (Å²) in [6.07, 6.45) is 6.04. The number of anilines is 2. The Morgan fingerprint density at radius 1 is 1.02 bits per heavy atom. The van der Waals surface area contributed by atoms with Crippen molar-refractivity contribution in [2.75, 3.05) is 56.5 Å². The third-order valence-electron chi connectivity index (χ3n) is 9.04.